The number of carbonyl (C=O) groups is 2. The van der Waals surface area contributed by atoms with Gasteiger partial charge < -0.3 is 14.5 Å². The molecule has 0 bridgehead atoms. The summed E-state index contributed by atoms with van der Waals surface area (Å²) in [6.07, 6.45) is 6.43. The fraction of sp³-hybridized carbons (Fsp3) is 0.867. The second kappa shape index (κ2) is 8.25. The molecule has 0 aromatic rings. The van der Waals surface area contributed by atoms with E-state index in [1.165, 1.54) is 0 Å². The van der Waals surface area contributed by atoms with Gasteiger partial charge in [-0.1, -0.05) is 0 Å². The Bertz CT molecular complexity index is 333. The van der Waals surface area contributed by atoms with Gasteiger partial charge in [-0.25, -0.2) is 0 Å². The highest BCUT2D eigenvalue weighted by Gasteiger charge is 2.19. The van der Waals surface area contributed by atoms with Gasteiger partial charge in [-0.2, -0.15) is 0 Å². The van der Waals surface area contributed by atoms with Crippen molar-refractivity contribution in [2.75, 3.05) is 39.4 Å². The zero-order chi connectivity index (χ0) is 14.2. The third-order valence-corrected chi connectivity index (χ3v) is 4.03. The molecule has 0 unspecified atom stereocenters. The molecule has 114 valence electrons. The number of piperidine rings is 1. The molecule has 0 aliphatic carbocycles. The lowest BCUT2D eigenvalue weighted by atomic mass is 10.1. The molecule has 2 saturated heterocycles. The van der Waals surface area contributed by atoms with Crippen LogP contribution in [-0.2, 0) is 14.3 Å². The second-order valence-electron chi connectivity index (χ2n) is 5.64. The number of hydrogen-bond donors (Lipinski definition) is 0. The molecule has 0 radical (unpaired) electrons. The SMILES string of the molecule is O=C1CCCCN1CCCOCCCN1CCCC1=O. The number of amides is 2. The maximum atomic E-state index is 11.6. The Morgan fingerprint density at radius 2 is 1.35 bits per heavy atom. The third-order valence-electron chi connectivity index (χ3n) is 4.03. The molecule has 0 saturated carbocycles. The molecule has 0 atom stereocenters. The van der Waals surface area contributed by atoms with Crippen LogP contribution >= 0.6 is 0 Å². The molecule has 0 spiro atoms. The van der Waals surface area contributed by atoms with Crippen LogP contribution in [0.4, 0.5) is 0 Å². The molecular formula is C15H26N2O3. The van der Waals surface area contributed by atoms with Crippen LogP contribution in [-0.4, -0.2) is 61.0 Å². The Kier molecular flexibility index (Phi) is 6.30. The fourth-order valence-electron chi connectivity index (χ4n) is 2.86. The van der Waals surface area contributed by atoms with Crippen LogP contribution in [0, 0.1) is 0 Å². The molecule has 2 amide bonds. The van der Waals surface area contributed by atoms with Crippen LogP contribution in [0.1, 0.15) is 44.9 Å². The van der Waals surface area contributed by atoms with E-state index in [0.29, 0.717) is 32.0 Å². The summed E-state index contributed by atoms with van der Waals surface area (Å²) in [5.41, 5.74) is 0. The Labute approximate surface area is 121 Å². The van der Waals surface area contributed by atoms with Crippen molar-refractivity contribution < 1.29 is 14.3 Å². The van der Waals surface area contributed by atoms with E-state index in [-0.39, 0.29) is 5.91 Å². The van der Waals surface area contributed by atoms with Crippen molar-refractivity contribution >= 4 is 11.8 Å². The maximum Gasteiger partial charge on any atom is 0.222 e. The molecule has 2 aliphatic heterocycles. The lowest BCUT2D eigenvalue weighted by Gasteiger charge is -2.26. The standard InChI is InChI=1S/C15H26N2O3/c18-14-6-1-2-8-16(14)10-4-12-20-13-5-11-17-9-3-7-15(17)19/h1-13H2. The Hall–Kier alpha value is -1.10. The van der Waals surface area contributed by atoms with Crippen molar-refractivity contribution in [1.82, 2.24) is 9.80 Å². The normalized spacial score (nSPS) is 20.0. The largest absolute Gasteiger partial charge is 0.381 e. The van der Waals surface area contributed by atoms with Crippen molar-refractivity contribution in [1.29, 1.82) is 0 Å². The summed E-state index contributed by atoms with van der Waals surface area (Å²) in [4.78, 5) is 26.9. The lowest BCUT2D eigenvalue weighted by Crippen LogP contribution is -2.36. The topological polar surface area (TPSA) is 49.9 Å². The van der Waals surface area contributed by atoms with E-state index in [1.54, 1.807) is 0 Å². The van der Waals surface area contributed by atoms with Crippen molar-refractivity contribution in [2.45, 2.75) is 44.9 Å². The number of ether oxygens (including phenoxy) is 1. The van der Waals surface area contributed by atoms with Crippen molar-refractivity contribution in [3.8, 4) is 0 Å². The first-order chi connectivity index (χ1) is 9.77. The smallest absolute Gasteiger partial charge is 0.222 e. The van der Waals surface area contributed by atoms with Crippen molar-refractivity contribution in [3.63, 3.8) is 0 Å². The molecule has 5 heteroatoms. The molecule has 2 aliphatic rings. The van der Waals surface area contributed by atoms with Gasteiger partial charge in [0.2, 0.25) is 11.8 Å². The van der Waals surface area contributed by atoms with Gasteiger partial charge in [-0.05, 0) is 32.1 Å². The Morgan fingerprint density at radius 1 is 0.800 bits per heavy atom. The van der Waals surface area contributed by atoms with Crippen LogP contribution < -0.4 is 0 Å². The van der Waals surface area contributed by atoms with Gasteiger partial charge in [0.1, 0.15) is 0 Å². The van der Waals surface area contributed by atoms with Gasteiger partial charge in [0, 0.05) is 52.2 Å². The minimum absolute atomic E-state index is 0.286. The highest BCUT2D eigenvalue weighted by Crippen LogP contribution is 2.11. The first kappa shape index (κ1) is 15.3. The quantitative estimate of drug-likeness (QED) is 0.633. The number of hydrogen-bond acceptors (Lipinski definition) is 3. The summed E-state index contributed by atoms with van der Waals surface area (Å²) in [5, 5.41) is 0. The number of rotatable bonds is 8. The first-order valence-corrected chi connectivity index (χ1v) is 7.90. The minimum Gasteiger partial charge on any atom is -0.381 e. The predicted octanol–water partition coefficient (Wildman–Crippen LogP) is 1.42. The highest BCUT2D eigenvalue weighted by atomic mass is 16.5. The summed E-state index contributed by atoms with van der Waals surface area (Å²) in [7, 11) is 0. The number of carbonyl (C=O) groups excluding carboxylic acids is 2. The van der Waals surface area contributed by atoms with E-state index in [0.717, 1.165) is 58.3 Å². The van der Waals surface area contributed by atoms with Gasteiger partial charge in [0.25, 0.3) is 0 Å². The lowest BCUT2D eigenvalue weighted by molar-refractivity contribution is -0.133. The molecule has 5 nitrogen and oxygen atoms in total. The van der Waals surface area contributed by atoms with E-state index in [2.05, 4.69) is 0 Å². The van der Waals surface area contributed by atoms with E-state index in [1.807, 2.05) is 9.80 Å². The second-order valence-corrected chi connectivity index (χ2v) is 5.64. The van der Waals surface area contributed by atoms with E-state index < -0.39 is 0 Å². The van der Waals surface area contributed by atoms with E-state index >= 15 is 0 Å². The van der Waals surface area contributed by atoms with E-state index in [4.69, 9.17) is 4.74 Å². The molecule has 2 rings (SSSR count). The van der Waals surface area contributed by atoms with Gasteiger partial charge in [-0.3, -0.25) is 9.59 Å². The summed E-state index contributed by atoms with van der Waals surface area (Å²) in [6.45, 7) is 4.88. The zero-order valence-electron chi connectivity index (χ0n) is 12.3. The van der Waals surface area contributed by atoms with E-state index in [9.17, 15) is 9.59 Å². The summed E-state index contributed by atoms with van der Waals surface area (Å²) >= 11 is 0. The van der Waals surface area contributed by atoms with Gasteiger partial charge in [0.05, 0.1) is 0 Å². The highest BCUT2D eigenvalue weighted by molar-refractivity contribution is 5.78. The summed E-state index contributed by atoms with van der Waals surface area (Å²) in [5.74, 6) is 0.581. The number of likely N-dealkylation sites (tertiary alicyclic amines) is 2. The first-order valence-electron chi connectivity index (χ1n) is 7.90. The van der Waals surface area contributed by atoms with Gasteiger partial charge in [-0.15, -0.1) is 0 Å². The molecule has 0 N–H and O–H groups in total. The summed E-state index contributed by atoms with van der Waals surface area (Å²) < 4.78 is 5.58. The molecule has 0 aromatic heterocycles. The molecular weight excluding hydrogens is 256 g/mol. The monoisotopic (exact) mass is 282 g/mol. The molecule has 2 fully saturated rings. The summed E-state index contributed by atoms with van der Waals surface area (Å²) in [6, 6.07) is 0. The van der Waals surface area contributed by atoms with Crippen molar-refractivity contribution in [3.05, 3.63) is 0 Å². The Balaban J connectivity index is 1.43. The molecule has 2 heterocycles. The molecule has 20 heavy (non-hydrogen) atoms. The predicted molar refractivity (Wildman–Crippen MR) is 76.3 cm³/mol. The van der Waals surface area contributed by atoms with Crippen LogP contribution in [0.5, 0.6) is 0 Å². The Morgan fingerprint density at radius 3 is 1.90 bits per heavy atom. The third kappa shape index (κ3) is 4.78. The number of nitrogens with zero attached hydrogens (tertiary/aromatic N) is 2. The zero-order valence-corrected chi connectivity index (χ0v) is 12.3. The minimum atomic E-state index is 0.286. The fourth-order valence-corrected chi connectivity index (χ4v) is 2.86. The van der Waals surface area contributed by atoms with Crippen LogP contribution in [0.2, 0.25) is 0 Å². The van der Waals surface area contributed by atoms with Gasteiger partial charge >= 0.3 is 0 Å². The van der Waals surface area contributed by atoms with Crippen LogP contribution in [0.3, 0.4) is 0 Å². The van der Waals surface area contributed by atoms with Gasteiger partial charge in [0.15, 0.2) is 0 Å². The molecule has 0 aromatic carbocycles. The van der Waals surface area contributed by atoms with Crippen molar-refractivity contribution in [2.24, 2.45) is 0 Å². The average Bonchev–Trinajstić information content (AvgIpc) is 2.85. The van der Waals surface area contributed by atoms with Crippen LogP contribution in [0.25, 0.3) is 0 Å². The van der Waals surface area contributed by atoms with Crippen LogP contribution in [0.15, 0.2) is 0 Å². The average molecular weight is 282 g/mol. The maximum absolute atomic E-state index is 11.6.